The molecule has 0 amide bonds. The summed E-state index contributed by atoms with van der Waals surface area (Å²) in [6.45, 7) is 9.85. The van der Waals surface area contributed by atoms with E-state index in [1.807, 2.05) is 0 Å². The molecule has 1 heterocycles. The van der Waals surface area contributed by atoms with Gasteiger partial charge in [0.1, 0.15) is 0 Å². The van der Waals surface area contributed by atoms with Gasteiger partial charge in [-0.2, -0.15) is 0 Å². The normalized spacial score (nSPS) is 22.1. The minimum atomic E-state index is -1.62. The molecule has 0 spiro atoms. The summed E-state index contributed by atoms with van der Waals surface area (Å²) in [6.07, 6.45) is 0.824. The molecule has 0 radical (unpaired) electrons. The highest BCUT2D eigenvalue weighted by molar-refractivity contribution is 7.79. The van der Waals surface area contributed by atoms with Crippen LogP contribution in [0.5, 0.6) is 0 Å². The first-order chi connectivity index (χ1) is 7.09. The van der Waals surface area contributed by atoms with Gasteiger partial charge >= 0.3 is 0 Å². The van der Waals surface area contributed by atoms with Crippen molar-refractivity contribution in [3.05, 3.63) is 0 Å². The van der Waals surface area contributed by atoms with Crippen LogP contribution in [0.25, 0.3) is 0 Å². The molecule has 0 aromatic carbocycles. The Hall–Kier alpha value is 0.0300. The first-order valence-corrected chi connectivity index (χ1v) is 6.91. The molecule has 1 aliphatic heterocycles. The Morgan fingerprint density at radius 2 is 1.87 bits per heavy atom. The third-order valence-corrected chi connectivity index (χ3v) is 3.57. The van der Waals surface area contributed by atoms with Crippen molar-refractivity contribution in [3.63, 3.8) is 0 Å². The SMILES string of the molecule is CC(C)N1CCN(CCCS(=O)O)CC1. The summed E-state index contributed by atoms with van der Waals surface area (Å²) in [7, 11) is 0. The van der Waals surface area contributed by atoms with Gasteiger partial charge in [-0.3, -0.25) is 4.90 Å². The molecular weight excluding hydrogens is 212 g/mol. The van der Waals surface area contributed by atoms with Crippen molar-refractivity contribution in [2.75, 3.05) is 38.5 Å². The second kappa shape index (κ2) is 6.58. The van der Waals surface area contributed by atoms with Crippen LogP contribution < -0.4 is 0 Å². The van der Waals surface area contributed by atoms with Gasteiger partial charge in [0, 0.05) is 32.2 Å². The third kappa shape index (κ3) is 5.06. The maximum absolute atomic E-state index is 10.5. The number of hydrogen-bond donors (Lipinski definition) is 1. The van der Waals surface area contributed by atoms with Crippen LogP contribution in [0, 0.1) is 0 Å². The van der Waals surface area contributed by atoms with Crippen molar-refractivity contribution in [2.24, 2.45) is 0 Å². The van der Waals surface area contributed by atoms with E-state index in [4.69, 9.17) is 4.55 Å². The Kier molecular flexibility index (Phi) is 5.74. The maximum atomic E-state index is 10.5. The monoisotopic (exact) mass is 234 g/mol. The van der Waals surface area contributed by atoms with Crippen LogP contribution in [-0.2, 0) is 11.1 Å². The molecule has 15 heavy (non-hydrogen) atoms. The zero-order valence-corrected chi connectivity index (χ0v) is 10.5. The molecule has 1 rings (SSSR count). The topological polar surface area (TPSA) is 43.8 Å². The van der Waals surface area contributed by atoms with E-state index in [1.165, 1.54) is 0 Å². The van der Waals surface area contributed by atoms with Crippen LogP contribution in [0.4, 0.5) is 0 Å². The summed E-state index contributed by atoms with van der Waals surface area (Å²) in [5.41, 5.74) is 0. The van der Waals surface area contributed by atoms with Gasteiger partial charge < -0.3 is 9.45 Å². The Morgan fingerprint density at radius 1 is 1.27 bits per heavy atom. The fraction of sp³-hybridized carbons (Fsp3) is 1.00. The van der Waals surface area contributed by atoms with Gasteiger partial charge in [0.25, 0.3) is 0 Å². The number of piperazine rings is 1. The maximum Gasteiger partial charge on any atom is 0.152 e. The lowest BCUT2D eigenvalue weighted by atomic mass is 10.2. The van der Waals surface area contributed by atoms with Crippen molar-refractivity contribution in [1.82, 2.24) is 9.80 Å². The van der Waals surface area contributed by atoms with Crippen LogP contribution in [0.2, 0.25) is 0 Å². The molecule has 1 atom stereocenters. The van der Waals surface area contributed by atoms with E-state index in [0.29, 0.717) is 11.8 Å². The smallest absolute Gasteiger partial charge is 0.152 e. The van der Waals surface area contributed by atoms with E-state index >= 15 is 0 Å². The predicted octanol–water partition coefficient (Wildman–Crippen LogP) is 0.624. The average Bonchev–Trinajstić information content (AvgIpc) is 2.18. The highest BCUT2D eigenvalue weighted by atomic mass is 32.2. The number of nitrogens with zero attached hydrogens (tertiary/aromatic N) is 2. The lowest BCUT2D eigenvalue weighted by Crippen LogP contribution is -2.49. The fourth-order valence-electron chi connectivity index (χ4n) is 1.91. The lowest BCUT2D eigenvalue weighted by Gasteiger charge is -2.36. The summed E-state index contributed by atoms with van der Waals surface area (Å²) in [5, 5.41) is 0. The summed E-state index contributed by atoms with van der Waals surface area (Å²) in [5.74, 6) is 0.407. The zero-order valence-electron chi connectivity index (χ0n) is 9.69. The summed E-state index contributed by atoms with van der Waals surface area (Å²) < 4.78 is 19.1. The van der Waals surface area contributed by atoms with E-state index in [0.717, 1.165) is 39.1 Å². The molecule has 0 aromatic rings. The number of rotatable bonds is 5. The van der Waals surface area contributed by atoms with Gasteiger partial charge in [-0.1, -0.05) is 0 Å². The largest absolute Gasteiger partial charge is 0.306 e. The van der Waals surface area contributed by atoms with Gasteiger partial charge in [-0.15, -0.1) is 0 Å². The van der Waals surface area contributed by atoms with E-state index < -0.39 is 11.1 Å². The van der Waals surface area contributed by atoms with Gasteiger partial charge in [-0.05, 0) is 26.8 Å². The molecule has 1 saturated heterocycles. The molecule has 4 nitrogen and oxygen atoms in total. The molecule has 1 aliphatic rings. The molecule has 5 heteroatoms. The molecule has 90 valence electrons. The standard InChI is InChI=1S/C10H22N2O2S/c1-10(2)12-7-5-11(6-8-12)4-3-9-15(13)14/h10H,3-9H2,1-2H3,(H,13,14). The van der Waals surface area contributed by atoms with Crippen LogP contribution in [0.15, 0.2) is 0 Å². The van der Waals surface area contributed by atoms with E-state index in [-0.39, 0.29) is 0 Å². The summed E-state index contributed by atoms with van der Waals surface area (Å²) in [6, 6.07) is 0.636. The third-order valence-electron chi connectivity index (χ3n) is 2.93. The Bertz CT molecular complexity index is 204. The first kappa shape index (κ1) is 13.1. The van der Waals surface area contributed by atoms with Crippen molar-refractivity contribution >= 4 is 11.1 Å². The molecule has 0 saturated carbocycles. The van der Waals surface area contributed by atoms with Gasteiger partial charge in [0.15, 0.2) is 11.1 Å². The Labute approximate surface area is 94.9 Å². The molecule has 1 fully saturated rings. The highest BCUT2D eigenvalue weighted by Gasteiger charge is 2.17. The second-order valence-corrected chi connectivity index (χ2v) is 5.40. The second-order valence-electron chi connectivity index (χ2n) is 4.35. The zero-order chi connectivity index (χ0) is 11.3. The minimum absolute atomic E-state index is 0.407. The molecule has 0 aromatic heterocycles. The molecule has 1 unspecified atom stereocenters. The van der Waals surface area contributed by atoms with Crippen molar-refractivity contribution in [1.29, 1.82) is 0 Å². The molecule has 1 N–H and O–H groups in total. The summed E-state index contributed by atoms with van der Waals surface area (Å²) in [4.78, 5) is 4.85. The Balaban J connectivity index is 2.12. The van der Waals surface area contributed by atoms with E-state index in [9.17, 15) is 4.21 Å². The van der Waals surface area contributed by atoms with Gasteiger partial charge in [0.05, 0.1) is 5.75 Å². The molecular formula is C10H22N2O2S. The predicted molar refractivity (Wildman–Crippen MR) is 63.4 cm³/mol. The molecule has 0 aliphatic carbocycles. The average molecular weight is 234 g/mol. The van der Waals surface area contributed by atoms with Gasteiger partial charge in [0.2, 0.25) is 0 Å². The van der Waals surface area contributed by atoms with Crippen molar-refractivity contribution in [3.8, 4) is 0 Å². The highest BCUT2D eigenvalue weighted by Crippen LogP contribution is 2.06. The number of hydrogen-bond acceptors (Lipinski definition) is 3. The van der Waals surface area contributed by atoms with Gasteiger partial charge in [-0.25, -0.2) is 4.21 Å². The van der Waals surface area contributed by atoms with Crippen molar-refractivity contribution in [2.45, 2.75) is 26.3 Å². The van der Waals surface area contributed by atoms with E-state index in [2.05, 4.69) is 23.6 Å². The Morgan fingerprint density at radius 3 is 2.33 bits per heavy atom. The van der Waals surface area contributed by atoms with Crippen LogP contribution in [-0.4, -0.2) is 63.1 Å². The van der Waals surface area contributed by atoms with E-state index in [1.54, 1.807) is 0 Å². The van der Waals surface area contributed by atoms with Crippen molar-refractivity contribution < 1.29 is 8.76 Å². The lowest BCUT2D eigenvalue weighted by molar-refractivity contribution is 0.109. The quantitative estimate of drug-likeness (QED) is 0.708. The molecule has 0 bridgehead atoms. The first-order valence-electron chi connectivity index (χ1n) is 5.63. The van der Waals surface area contributed by atoms with Crippen LogP contribution in [0.3, 0.4) is 0 Å². The minimum Gasteiger partial charge on any atom is -0.306 e. The summed E-state index contributed by atoms with van der Waals surface area (Å²) >= 11 is -1.62. The fourth-order valence-corrected chi connectivity index (χ4v) is 2.29. The van der Waals surface area contributed by atoms with Crippen LogP contribution in [0.1, 0.15) is 20.3 Å². The van der Waals surface area contributed by atoms with Crippen LogP contribution >= 0.6 is 0 Å².